The molecule has 1 aromatic rings. The SMILES string of the molecule is C=C(C(=O)N1CCN(c2ccccc2)CC1)[C@@H]1CC[C@H](C)[C@@H]2CC(=O)C(C)=C2C1. The molecule has 0 spiro atoms. The molecular weight excluding hydrogens is 360 g/mol. The summed E-state index contributed by atoms with van der Waals surface area (Å²) in [5, 5.41) is 0. The predicted molar refractivity (Wildman–Crippen MR) is 117 cm³/mol. The number of benzene rings is 1. The van der Waals surface area contributed by atoms with E-state index in [1.54, 1.807) is 0 Å². The Balaban J connectivity index is 1.41. The molecule has 1 saturated heterocycles. The lowest BCUT2D eigenvalue weighted by atomic mass is 9.86. The highest BCUT2D eigenvalue weighted by atomic mass is 16.2. The van der Waals surface area contributed by atoms with Gasteiger partial charge in [0.2, 0.25) is 5.91 Å². The summed E-state index contributed by atoms with van der Waals surface area (Å²) >= 11 is 0. The van der Waals surface area contributed by atoms with Gasteiger partial charge in [0, 0.05) is 43.9 Å². The fourth-order valence-corrected chi connectivity index (χ4v) is 5.30. The largest absolute Gasteiger partial charge is 0.368 e. The molecule has 4 rings (SSSR count). The molecule has 1 saturated carbocycles. The lowest BCUT2D eigenvalue weighted by molar-refractivity contribution is -0.128. The van der Waals surface area contributed by atoms with E-state index in [0.717, 1.165) is 56.6 Å². The Morgan fingerprint density at radius 3 is 2.41 bits per heavy atom. The van der Waals surface area contributed by atoms with E-state index in [-0.39, 0.29) is 11.8 Å². The van der Waals surface area contributed by atoms with Crippen molar-refractivity contribution in [3.05, 3.63) is 53.6 Å². The van der Waals surface area contributed by atoms with Crippen LogP contribution in [0.3, 0.4) is 0 Å². The average molecular weight is 393 g/mol. The van der Waals surface area contributed by atoms with Gasteiger partial charge in [-0.05, 0) is 61.6 Å². The molecule has 1 aromatic carbocycles. The molecule has 154 valence electrons. The van der Waals surface area contributed by atoms with E-state index in [9.17, 15) is 9.59 Å². The Bertz CT molecular complexity index is 834. The summed E-state index contributed by atoms with van der Waals surface area (Å²) < 4.78 is 0. The van der Waals surface area contributed by atoms with Crippen molar-refractivity contribution < 1.29 is 9.59 Å². The van der Waals surface area contributed by atoms with Crippen LogP contribution >= 0.6 is 0 Å². The summed E-state index contributed by atoms with van der Waals surface area (Å²) in [5.74, 6) is 1.46. The zero-order chi connectivity index (χ0) is 20.5. The third-order valence-corrected chi connectivity index (χ3v) is 7.33. The Kier molecular flexibility index (Phi) is 5.62. The molecule has 4 nitrogen and oxygen atoms in total. The molecule has 1 aliphatic heterocycles. The number of carbonyl (C=O) groups excluding carboxylic acids is 2. The zero-order valence-corrected chi connectivity index (χ0v) is 17.7. The summed E-state index contributed by atoms with van der Waals surface area (Å²) in [6.45, 7) is 11.6. The van der Waals surface area contributed by atoms with Gasteiger partial charge in [0.25, 0.3) is 0 Å². The van der Waals surface area contributed by atoms with Crippen molar-refractivity contribution in [2.75, 3.05) is 31.1 Å². The van der Waals surface area contributed by atoms with Gasteiger partial charge >= 0.3 is 0 Å². The minimum atomic E-state index is 0.108. The molecule has 0 unspecified atom stereocenters. The van der Waals surface area contributed by atoms with E-state index in [4.69, 9.17) is 0 Å². The Morgan fingerprint density at radius 1 is 1.03 bits per heavy atom. The number of rotatable bonds is 3. The number of Topliss-reactive ketones (excluding diaryl/α,β-unsaturated/α-hetero) is 1. The van der Waals surface area contributed by atoms with Crippen LogP contribution in [0, 0.1) is 17.8 Å². The van der Waals surface area contributed by atoms with E-state index >= 15 is 0 Å². The molecule has 3 aliphatic rings. The summed E-state index contributed by atoms with van der Waals surface area (Å²) in [6, 6.07) is 10.4. The van der Waals surface area contributed by atoms with Gasteiger partial charge in [-0.1, -0.05) is 37.3 Å². The number of hydrogen-bond acceptors (Lipinski definition) is 3. The fraction of sp³-hybridized carbons (Fsp3) is 0.520. The summed E-state index contributed by atoms with van der Waals surface area (Å²) in [6.07, 6.45) is 3.56. The van der Waals surface area contributed by atoms with Gasteiger partial charge in [-0.2, -0.15) is 0 Å². The van der Waals surface area contributed by atoms with Crippen molar-refractivity contribution in [1.29, 1.82) is 0 Å². The number of fused-ring (bicyclic) bond motifs is 1. The maximum absolute atomic E-state index is 13.2. The van der Waals surface area contributed by atoms with E-state index < -0.39 is 0 Å². The molecule has 2 fully saturated rings. The molecule has 4 heteroatoms. The van der Waals surface area contributed by atoms with E-state index in [1.165, 1.54) is 11.3 Å². The summed E-state index contributed by atoms with van der Waals surface area (Å²) in [7, 11) is 0. The van der Waals surface area contributed by atoms with Crippen LogP contribution in [0.2, 0.25) is 0 Å². The number of hydrogen-bond donors (Lipinski definition) is 0. The zero-order valence-electron chi connectivity index (χ0n) is 17.7. The average Bonchev–Trinajstić information content (AvgIpc) is 2.93. The quantitative estimate of drug-likeness (QED) is 0.723. The number of amides is 1. The fourth-order valence-electron chi connectivity index (χ4n) is 5.30. The highest BCUT2D eigenvalue weighted by molar-refractivity contribution is 5.99. The number of ketones is 1. The lowest BCUT2D eigenvalue weighted by Crippen LogP contribution is -2.49. The molecule has 3 atom stereocenters. The van der Waals surface area contributed by atoms with Crippen LogP contribution in [0.1, 0.15) is 39.5 Å². The topological polar surface area (TPSA) is 40.6 Å². The molecular formula is C25H32N2O2. The summed E-state index contributed by atoms with van der Waals surface area (Å²) in [5.41, 5.74) is 4.21. The maximum atomic E-state index is 13.2. The predicted octanol–water partition coefficient (Wildman–Crippen LogP) is 4.23. The van der Waals surface area contributed by atoms with E-state index in [2.05, 4.69) is 42.7 Å². The highest BCUT2D eigenvalue weighted by Gasteiger charge is 2.38. The number of piperazine rings is 1. The van der Waals surface area contributed by atoms with Crippen molar-refractivity contribution >= 4 is 17.4 Å². The Labute approximate surface area is 174 Å². The van der Waals surface area contributed by atoms with Crippen molar-refractivity contribution in [2.45, 2.75) is 39.5 Å². The maximum Gasteiger partial charge on any atom is 0.249 e. The standard InChI is InChI=1S/C25H32N2O2/c1-17-9-10-20(15-23-19(3)24(28)16-22(17)23)18(2)25(29)27-13-11-26(12-14-27)21-7-5-4-6-8-21/h4-8,17,20,22H,2,9-16H2,1,3H3/t17-,20+,22-/m0/s1. The van der Waals surface area contributed by atoms with Gasteiger partial charge in [0.05, 0.1) is 0 Å². The molecule has 0 aromatic heterocycles. The van der Waals surface area contributed by atoms with Crippen molar-refractivity contribution in [2.24, 2.45) is 17.8 Å². The Hall–Kier alpha value is -2.36. The second-order valence-electron chi connectivity index (χ2n) is 8.98. The number of para-hydroxylation sites is 1. The summed E-state index contributed by atoms with van der Waals surface area (Å²) in [4.78, 5) is 29.7. The smallest absolute Gasteiger partial charge is 0.249 e. The number of nitrogens with zero attached hydrogens (tertiary/aromatic N) is 2. The minimum Gasteiger partial charge on any atom is -0.368 e. The lowest BCUT2D eigenvalue weighted by Gasteiger charge is -2.37. The first-order valence-electron chi connectivity index (χ1n) is 11.0. The minimum absolute atomic E-state index is 0.108. The molecule has 2 aliphatic carbocycles. The first-order valence-corrected chi connectivity index (χ1v) is 11.0. The van der Waals surface area contributed by atoms with Crippen LogP contribution in [-0.2, 0) is 9.59 Å². The van der Waals surface area contributed by atoms with Crippen LogP contribution in [0.15, 0.2) is 53.6 Å². The molecule has 0 bridgehead atoms. The van der Waals surface area contributed by atoms with Gasteiger partial charge in [-0.3, -0.25) is 9.59 Å². The van der Waals surface area contributed by atoms with Crippen LogP contribution in [0.5, 0.6) is 0 Å². The second kappa shape index (κ2) is 8.17. The number of carbonyl (C=O) groups is 2. The Morgan fingerprint density at radius 2 is 1.72 bits per heavy atom. The monoisotopic (exact) mass is 392 g/mol. The first kappa shape index (κ1) is 19.9. The van der Waals surface area contributed by atoms with E-state index in [1.807, 2.05) is 17.9 Å². The van der Waals surface area contributed by atoms with Crippen molar-refractivity contribution in [1.82, 2.24) is 4.90 Å². The number of anilines is 1. The first-order chi connectivity index (χ1) is 14.0. The molecule has 0 N–H and O–H groups in total. The van der Waals surface area contributed by atoms with E-state index in [0.29, 0.717) is 24.0 Å². The van der Waals surface area contributed by atoms with Crippen molar-refractivity contribution in [3.8, 4) is 0 Å². The second-order valence-corrected chi connectivity index (χ2v) is 8.98. The van der Waals surface area contributed by atoms with Gasteiger partial charge in [-0.15, -0.1) is 0 Å². The normalized spacial score (nSPS) is 27.7. The van der Waals surface area contributed by atoms with Crippen LogP contribution in [0.25, 0.3) is 0 Å². The molecule has 29 heavy (non-hydrogen) atoms. The van der Waals surface area contributed by atoms with Gasteiger partial charge in [0.15, 0.2) is 5.78 Å². The third-order valence-electron chi connectivity index (χ3n) is 7.33. The number of allylic oxidation sites excluding steroid dienone is 2. The van der Waals surface area contributed by atoms with Gasteiger partial charge < -0.3 is 9.80 Å². The van der Waals surface area contributed by atoms with Crippen LogP contribution in [-0.4, -0.2) is 42.8 Å². The third kappa shape index (κ3) is 3.90. The molecule has 0 radical (unpaired) electrons. The van der Waals surface area contributed by atoms with Crippen LogP contribution < -0.4 is 4.90 Å². The van der Waals surface area contributed by atoms with Gasteiger partial charge in [0.1, 0.15) is 0 Å². The van der Waals surface area contributed by atoms with Gasteiger partial charge in [-0.25, -0.2) is 0 Å². The van der Waals surface area contributed by atoms with Crippen LogP contribution in [0.4, 0.5) is 5.69 Å². The highest BCUT2D eigenvalue weighted by Crippen LogP contribution is 2.45. The van der Waals surface area contributed by atoms with Crippen molar-refractivity contribution in [3.63, 3.8) is 0 Å². The molecule has 1 heterocycles. The molecule has 1 amide bonds.